The number of carbonyl (C=O) groups is 1. The van der Waals surface area contributed by atoms with E-state index >= 15 is 0 Å². The van der Waals surface area contributed by atoms with E-state index < -0.39 is 0 Å². The van der Waals surface area contributed by atoms with Gasteiger partial charge in [-0.25, -0.2) is 9.97 Å². The van der Waals surface area contributed by atoms with E-state index in [0.29, 0.717) is 16.6 Å². The highest BCUT2D eigenvalue weighted by molar-refractivity contribution is 7.98. The Balaban J connectivity index is 1.57. The molecule has 0 aliphatic carbocycles. The Morgan fingerprint density at radius 3 is 2.74 bits per heavy atom. The third-order valence-corrected chi connectivity index (χ3v) is 5.06. The van der Waals surface area contributed by atoms with Crippen molar-refractivity contribution in [3.05, 3.63) is 18.0 Å². The van der Waals surface area contributed by atoms with Crippen molar-refractivity contribution in [3.63, 3.8) is 0 Å². The van der Waals surface area contributed by atoms with E-state index in [1.54, 1.807) is 12.4 Å². The largest absolute Gasteiger partial charge is 0.379 e. The molecule has 2 aliphatic rings. The Labute approximate surface area is 141 Å². The van der Waals surface area contributed by atoms with Crippen molar-refractivity contribution in [3.8, 4) is 0 Å². The third-order valence-electron chi connectivity index (χ3n) is 4.48. The molecule has 126 valence electrons. The third kappa shape index (κ3) is 4.43. The molecule has 7 heteroatoms. The molecule has 3 rings (SSSR count). The van der Waals surface area contributed by atoms with Crippen molar-refractivity contribution < 1.29 is 9.53 Å². The van der Waals surface area contributed by atoms with E-state index in [1.165, 1.54) is 18.2 Å². The molecule has 2 fully saturated rings. The van der Waals surface area contributed by atoms with Crippen LogP contribution in [-0.4, -0.2) is 77.9 Å². The van der Waals surface area contributed by atoms with Gasteiger partial charge in [-0.3, -0.25) is 9.69 Å². The highest BCUT2D eigenvalue weighted by Gasteiger charge is 2.26. The standard InChI is InChI=1S/C16H24N4O2S/c1-23-16-17-9-14(10-18-16)15(21)20-4-2-3-13(12-20)11-19-5-7-22-8-6-19/h9-10,13H,2-8,11-12H2,1H3/t13-/m0/s1. The molecule has 23 heavy (non-hydrogen) atoms. The Morgan fingerprint density at radius 1 is 1.30 bits per heavy atom. The maximum absolute atomic E-state index is 12.6. The zero-order valence-electron chi connectivity index (χ0n) is 13.6. The molecule has 0 unspecified atom stereocenters. The maximum atomic E-state index is 12.6. The average Bonchev–Trinajstić information content (AvgIpc) is 2.62. The molecule has 3 heterocycles. The van der Waals surface area contributed by atoms with Gasteiger partial charge in [-0.2, -0.15) is 0 Å². The minimum absolute atomic E-state index is 0.0596. The van der Waals surface area contributed by atoms with E-state index in [1.807, 2.05) is 11.2 Å². The SMILES string of the molecule is CSc1ncc(C(=O)N2CCC[C@@H](CN3CCOCC3)C2)cn1. The van der Waals surface area contributed by atoms with Crippen LogP contribution < -0.4 is 0 Å². The van der Waals surface area contributed by atoms with Crippen molar-refractivity contribution in [1.82, 2.24) is 19.8 Å². The summed E-state index contributed by atoms with van der Waals surface area (Å²) in [6.07, 6.45) is 7.49. The van der Waals surface area contributed by atoms with E-state index in [0.717, 1.165) is 52.4 Å². The minimum Gasteiger partial charge on any atom is -0.379 e. The summed E-state index contributed by atoms with van der Waals surface area (Å²) >= 11 is 1.48. The van der Waals surface area contributed by atoms with Crippen molar-refractivity contribution in [2.75, 3.05) is 52.2 Å². The number of aromatic nitrogens is 2. The predicted octanol–water partition coefficient (Wildman–Crippen LogP) is 1.38. The van der Waals surface area contributed by atoms with Gasteiger partial charge in [0.15, 0.2) is 5.16 Å². The Hall–Kier alpha value is -1.18. The molecule has 1 amide bonds. The van der Waals surface area contributed by atoms with Crippen LogP contribution in [0.15, 0.2) is 17.6 Å². The van der Waals surface area contributed by atoms with Crippen LogP contribution >= 0.6 is 11.8 Å². The van der Waals surface area contributed by atoms with Gasteiger partial charge in [0.25, 0.3) is 5.91 Å². The first-order valence-corrected chi connectivity index (χ1v) is 9.44. The molecule has 0 N–H and O–H groups in total. The molecule has 1 aromatic rings. The Kier molecular flexibility index (Phi) is 5.85. The van der Waals surface area contributed by atoms with E-state index in [-0.39, 0.29) is 5.91 Å². The summed E-state index contributed by atoms with van der Waals surface area (Å²) in [5, 5.41) is 0.699. The number of thioether (sulfide) groups is 1. The second-order valence-corrected chi connectivity index (χ2v) is 6.90. The van der Waals surface area contributed by atoms with Gasteiger partial charge in [0, 0.05) is 45.1 Å². The lowest BCUT2D eigenvalue weighted by atomic mass is 9.96. The molecule has 2 aliphatic heterocycles. The van der Waals surface area contributed by atoms with Crippen molar-refractivity contribution in [2.45, 2.75) is 18.0 Å². The zero-order valence-corrected chi connectivity index (χ0v) is 14.4. The second-order valence-electron chi connectivity index (χ2n) is 6.13. The summed E-state index contributed by atoms with van der Waals surface area (Å²) in [6, 6.07) is 0. The molecule has 2 saturated heterocycles. The monoisotopic (exact) mass is 336 g/mol. The molecule has 6 nitrogen and oxygen atoms in total. The van der Waals surface area contributed by atoms with Crippen molar-refractivity contribution >= 4 is 17.7 Å². The summed E-state index contributed by atoms with van der Waals surface area (Å²) in [5.74, 6) is 0.613. The number of amides is 1. The lowest BCUT2D eigenvalue weighted by Gasteiger charge is -2.36. The van der Waals surface area contributed by atoms with Gasteiger partial charge in [-0.1, -0.05) is 11.8 Å². The van der Waals surface area contributed by atoms with Gasteiger partial charge in [0.2, 0.25) is 0 Å². The summed E-state index contributed by atoms with van der Waals surface area (Å²) in [7, 11) is 0. The van der Waals surface area contributed by atoms with Gasteiger partial charge in [0.05, 0.1) is 18.8 Å². The maximum Gasteiger partial charge on any atom is 0.257 e. The van der Waals surface area contributed by atoms with Crippen LogP contribution in [0, 0.1) is 5.92 Å². The number of carbonyl (C=O) groups excluding carboxylic acids is 1. The first-order valence-electron chi connectivity index (χ1n) is 8.21. The van der Waals surface area contributed by atoms with Crippen LogP contribution in [-0.2, 0) is 4.74 Å². The fraction of sp³-hybridized carbons (Fsp3) is 0.688. The lowest BCUT2D eigenvalue weighted by molar-refractivity contribution is 0.0223. The Morgan fingerprint density at radius 2 is 2.04 bits per heavy atom. The first-order chi connectivity index (χ1) is 11.3. The van der Waals surface area contributed by atoms with Crippen LogP contribution in [0.5, 0.6) is 0 Å². The van der Waals surface area contributed by atoms with Gasteiger partial charge in [-0.15, -0.1) is 0 Å². The first kappa shape index (κ1) is 16.7. The normalized spacial score (nSPS) is 23.0. The quantitative estimate of drug-likeness (QED) is 0.612. The Bertz CT molecular complexity index is 519. The lowest BCUT2D eigenvalue weighted by Crippen LogP contribution is -2.46. The predicted molar refractivity (Wildman–Crippen MR) is 89.7 cm³/mol. The van der Waals surface area contributed by atoms with Gasteiger partial charge in [-0.05, 0) is 25.0 Å². The molecule has 0 bridgehead atoms. The second kappa shape index (κ2) is 8.08. The summed E-state index contributed by atoms with van der Waals surface area (Å²) in [5.41, 5.74) is 0.592. The minimum atomic E-state index is 0.0596. The molecule has 0 radical (unpaired) electrons. The number of piperidine rings is 1. The van der Waals surface area contributed by atoms with Crippen LogP contribution in [0.1, 0.15) is 23.2 Å². The van der Waals surface area contributed by atoms with Crippen molar-refractivity contribution in [1.29, 1.82) is 0 Å². The molecular weight excluding hydrogens is 312 g/mol. The molecule has 1 atom stereocenters. The summed E-state index contributed by atoms with van der Waals surface area (Å²) in [4.78, 5) is 25.5. The van der Waals surface area contributed by atoms with Gasteiger partial charge >= 0.3 is 0 Å². The number of likely N-dealkylation sites (tertiary alicyclic amines) is 1. The molecular formula is C16H24N4O2S. The smallest absolute Gasteiger partial charge is 0.257 e. The van der Waals surface area contributed by atoms with Crippen molar-refractivity contribution in [2.24, 2.45) is 5.92 Å². The van der Waals surface area contributed by atoms with E-state index in [4.69, 9.17) is 4.74 Å². The molecule has 0 spiro atoms. The zero-order chi connectivity index (χ0) is 16.1. The van der Waals surface area contributed by atoms with Gasteiger partial charge < -0.3 is 9.64 Å². The van der Waals surface area contributed by atoms with Crippen LogP contribution in [0.25, 0.3) is 0 Å². The van der Waals surface area contributed by atoms with Crippen LogP contribution in [0.2, 0.25) is 0 Å². The van der Waals surface area contributed by atoms with E-state index in [2.05, 4.69) is 14.9 Å². The molecule has 0 aromatic carbocycles. The number of nitrogens with zero attached hydrogens (tertiary/aromatic N) is 4. The number of rotatable bonds is 4. The van der Waals surface area contributed by atoms with Gasteiger partial charge in [0.1, 0.15) is 0 Å². The van der Waals surface area contributed by atoms with Crippen LogP contribution in [0.4, 0.5) is 0 Å². The summed E-state index contributed by atoms with van der Waals surface area (Å²) < 4.78 is 5.40. The number of morpholine rings is 1. The average molecular weight is 336 g/mol. The highest BCUT2D eigenvalue weighted by Crippen LogP contribution is 2.20. The van der Waals surface area contributed by atoms with E-state index in [9.17, 15) is 4.79 Å². The fourth-order valence-electron chi connectivity index (χ4n) is 3.26. The van der Waals surface area contributed by atoms with Crippen LogP contribution in [0.3, 0.4) is 0 Å². The molecule has 1 aromatic heterocycles. The topological polar surface area (TPSA) is 58.6 Å². The fourth-order valence-corrected chi connectivity index (χ4v) is 3.58. The summed E-state index contributed by atoms with van der Waals surface area (Å²) in [6.45, 7) is 6.41. The number of hydrogen-bond acceptors (Lipinski definition) is 6. The molecule has 0 saturated carbocycles. The number of hydrogen-bond donors (Lipinski definition) is 0. The highest BCUT2D eigenvalue weighted by atomic mass is 32.2. The number of ether oxygens (including phenoxy) is 1.